The minimum atomic E-state index is 1.02. The predicted octanol–water partition coefficient (Wildman–Crippen LogP) is 14.3. The average Bonchev–Trinajstić information content (AvgIpc) is 3.09. The average molecular weight is 647 g/mol. The molecule has 0 radical (unpaired) electrons. The molecule has 0 unspecified atom stereocenters. The van der Waals surface area contributed by atoms with Crippen LogP contribution < -0.4 is 9.80 Å². The summed E-state index contributed by atoms with van der Waals surface area (Å²) in [6.45, 7) is 14.1. The summed E-state index contributed by atoms with van der Waals surface area (Å²) in [5.74, 6) is 0. The summed E-state index contributed by atoms with van der Waals surface area (Å²) in [4.78, 5) is 5.36. The van der Waals surface area contributed by atoms with Crippen molar-refractivity contribution in [3.63, 3.8) is 0 Å². The van der Waals surface area contributed by atoms with E-state index in [0.29, 0.717) is 0 Å². The van der Waals surface area contributed by atoms with Crippen molar-refractivity contribution in [1.82, 2.24) is 0 Å². The summed E-state index contributed by atoms with van der Waals surface area (Å²) in [6, 6.07) is 19.2. The zero-order chi connectivity index (χ0) is 33.6. The molecule has 268 valence electrons. The first-order chi connectivity index (χ1) is 23.2. The second-order valence-electron chi connectivity index (χ2n) is 14.6. The van der Waals surface area contributed by atoms with Crippen molar-refractivity contribution in [3.8, 4) is 0 Å². The molecule has 2 heteroatoms. The van der Waals surface area contributed by atoms with Crippen LogP contribution in [0.3, 0.4) is 0 Å². The molecule has 0 bridgehead atoms. The molecular formula is C45H78N2. The molecule has 0 aliphatic carbocycles. The van der Waals surface area contributed by atoms with Gasteiger partial charge in [0, 0.05) is 37.6 Å². The fourth-order valence-corrected chi connectivity index (χ4v) is 6.96. The van der Waals surface area contributed by atoms with Crippen molar-refractivity contribution in [1.29, 1.82) is 0 Å². The Labute approximate surface area is 294 Å². The minimum Gasteiger partial charge on any atom is -0.372 e. The van der Waals surface area contributed by atoms with Gasteiger partial charge in [0.1, 0.15) is 0 Å². The lowest BCUT2D eigenvalue weighted by atomic mass is 10.0. The molecule has 2 aromatic rings. The summed E-state index contributed by atoms with van der Waals surface area (Å²) in [7, 11) is 0. The number of anilines is 2. The molecule has 0 saturated carbocycles. The molecule has 2 nitrogen and oxygen atoms in total. The molecule has 0 fully saturated rings. The Morgan fingerprint density at radius 1 is 0.298 bits per heavy atom. The molecule has 0 aromatic heterocycles. The Morgan fingerprint density at radius 2 is 0.532 bits per heavy atom. The summed E-state index contributed by atoms with van der Waals surface area (Å²) < 4.78 is 0. The smallest absolute Gasteiger partial charge is 0.0366 e. The van der Waals surface area contributed by atoms with E-state index in [9.17, 15) is 0 Å². The Bertz CT molecular complexity index is 824. The molecule has 0 heterocycles. The molecule has 0 spiro atoms. The van der Waals surface area contributed by atoms with E-state index in [1.807, 2.05) is 0 Å². The summed E-state index contributed by atoms with van der Waals surface area (Å²) in [5, 5.41) is 0. The van der Waals surface area contributed by atoms with Gasteiger partial charge in [-0.1, -0.05) is 180 Å². The molecular weight excluding hydrogens is 569 g/mol. The zero-order valence-corrected chi connectivity index (χ0v) is 32.0. The van der Waals surface area contributed by atoms with Crippen molar-refractivity contribution in [3.05, 3.63) is 59.7 Å². The van der Waals surface area contributed by atoms with Gasteiger partial charge in [-0.25, -0.2) is 0 Å². The first-order valence-corrected chi connectivity index (χ1v) is 20.9. The van der Waals surface area contributed by atoms with Gasteiger partial charge in [0.2, 0.25) is 0 Å². The van der Waals surface area contributed by atoms with Crippen molar-refractivity contribution in [2.45, 2.75) is 188 Å². The van der Waals surface area contributed by atoms with E-state index >= 15 is 0 Å². The lowest BCUT2D eigenvalue weighted by Crippen LogP contribution is -2.25. The maximum absolute atomic E-state index is 2.68. The van der Waals surface area contributed by atoms with Crippen molar-refractivity contribution in [2.75, 3.05) is 36.0 Å². The SMILES string of the molecule is CCCCCCCCN(CCCCCCCC)c1ccc(Cc2ccc(N(CCCCCCCC)CCCCCCCC)cc2)cc1. The van der Waals surface area contributed by atoms with Gasteiger partial charge in [0.15, 0.2) is 0 Å². The lowest BCUT2D eigenvalue weighted by molar-refractivity contribution is 0.575. The number of nitrogens with zero attached hydrogens (tertiary/aromatic N) is 2. The maximum atomic E-state index is 2.68. The third-order valence-corrected chi connectivity index (χ3v) is 10.1. The maximum Gasteiger partial charge on any atom is 0.0366 e. The van der Waals surface area contributed by atoms with Crippen molar-refractivity contribution in [2.24, 2.45) is 0 Å². The van der Waals surface area contributed by atoms with Crippen LogP contribution in [0.2, 0.25) is 0 Å². The molecule has 0 aliphatic heterocycles. The number of benzene rings is 2. The van der Waals surface area contributed by atoms with Gasteiger partial charge in [0.05, 0.1) is 0 Å². The molecule has 0 saturated heterocycles. The van der Waals surface area contributed by atoms with Gasteiger partial charge >= 0.3 is 0 Å². The van der Waals surface area contributed by atoms with Crippen LogP contribution in [0.5, 0.6) is 0 Å². The third kappa shape index (κ3) is 20.2. The molecule has 0 amide bonds. The van der Waals surface area contributed by atoms with Crippen LogP contribution in [0.25, 0.3) is 0 Å². The van der Waals surface area contributed by atoms with Crippen LogP contribution in [0.4, 0.5) is 11.4 Å². The zero-order valence-electron chi connectivity index (χ0n) is 32.0. The van der Waals surface area contributed by atoms with Crippen LogP contribution in [0.1, 0.15) is 193 Å². The van der Waals surface area contributed by atoms with Crippen LogP contribution in [-0.4, -0.2) is 26.2 Å². The van der Waals surface area contributed by atoms with Crippen LogP contribution in [0.15, 0.2) is 48.5 Å². The first-order valence-electron chi connectivity index (χ1n) is 20.9. The van der Waals surface area contributed by atoms with Gasteiger partial charge in [0.25, 0.3) is 0 Å². The fourth-order valence-electron chi connectivity index (χ4n) is 6.96. The molecule has 2 aromatic carbocycles. The van der Waals surface area contributed by atoms with Gasteiger partial charge < -0.3 is 9.80 Å². The van der Waals surface area contributed by atoms with E-state index in [-0.39, 0.29) is 0 Å². The van der Waals surface area contributed by atoms with Gasteiger partial charge in [-0.05, 0) is 67.5 Å². The predicted molar refractivity (Wildman–Crippen MR) is 214 cm³/mol. The second-order valence-corrected chi connectivity index (χ2v) is 14.6. The van der Waals surface area contributed by atoms with E-state index in [1.165, 1.54) is 203 Å². The summed E-state index contributed by atoms with van der Waals surface area (Å²) >= 11 is 0. The largest absolute Gasteiger partial charge is 0.372 e. The van der Waals surface area contributed by atoms with E-state index in [1.54, 1.807) is 0 Å². The first kappa shape index (κ1) is 41.2. The van der Waals surface area contributed by atoms with Crippen LogP contribution >= 0.6 is 0 Å². The van der Waals surface area contributed by atoms with Gasteiger partial charge in [-0.2, -0.15) is 0 Å². The second kappa shape index (κ2) is 29.0. The van der Waals surface area contributed by atoms with E-state index in [2.05, 4.69) is 86.0 Å². The summed E-state index contributed by atoms with van der Waals surface area (Å²) in [5.41, 5.74) is 5.70. The Morgan fingerprint density at radius 3 is 0.787 bits per heavy atom. The van der Waals surface area contributed by atoms with Crippen LogP contribution in [-0.2, 0) is 6.42 Å². The van der Waals surface area contributed by atoms with Crippen LogP contribution in [0, 0.1) is 0 Å². The Hall–Kier alpha value is -1.96. The number of rotatable bonds is 32. The lowest BCUT2D eigenvalue weighted by Gasteiger charge is -2.26. The van der Waals surface area contributed by atoms with Crippen molar-refractivity contribution >= 4 is 11.4 Å². The van der Waals surface area contributed by atoms with Crippen molar-refractivity contribution < 1.29 is 0 Å². The highest BCUT2D eigenvalue weighted by Crippen LogP contribution is 2.23. The molecule has 47 heavy (non-hydrogen) atoms. The van der Waals surface area contributed by atoms with E-state index in [4.69, 9.17) is 0 Å². The highest BCUT2D eigenvalue weighted by molar-refractivity contribution is 5.50. The normalized spacial score (nSPS) is 11.3. The molecule has 0 aliphatic rings. The minimum absolute atomic E-state index is 1.02. The molecule has 2 rings (SSSR count). The monoisotopic (exact) mass is 647 g/mol. The van der Waals surface area contributed by atoms with E-state index < -0.39 is 0 Å². The van der Waals surface area contributed by atoms with E-state index in [0.717, 1.165) is 6.42 Å². The Balaban J connectivity index is 1.94. The quantitative estimate of drug-likeness (QED) is 0.0730. The molecule has 0 N–H and O–H groups in total. The van der Waals surface area contributed by atoms with Gasteiger partial charge in [-0.15, -0.1) is 0 Å². The topological polar surface area (TPSA) is 6.48 Å². The third-order valence-electron chi connectivity index (χ3n) is 10.1. The highest BCUT2D eigenvalue weighted by Gasteiger charge is 2.09. The number of hydrogen-bond acceptors (Lipinski definition) is 2. The number of hydrogen-bond donors (Lipinski definition) is 0. The fraction of sp³-hybridized carbons (Fsp3) is 0.733. The number of unbranched alkanes of at least 4 members (excludes halogenated alkanes) is 20. The standard InChI is InChI=1S/C45H78N2/c1-5-9-13-17-21-25-37-46(38-26-22-18-14-10-6-2)44-33-29-42(30-34-44)41-43-31-35-45(36-32-43)47(39-27-23-19-15-11-7-3)40-28-24-20-16-12-8-4/h29-36H,5-28,37-41H2,1-4H3. The highest BCUT2D eigenvalue weighted by atomic mass is 15.1. The summed E-state index contributed by atoms with van der Waals surface area (Å²) in [6.07, 6.45) is 33.9. The molecule has 0 atom stereocenters. The van der Waals surface area contributed by atoms with Gasteiger partial charge in [-0.3, -0.25) is 0 Å². The Kier molecular flexibility index (Phi) is 25.4.